The number of halogens is 1. The van der Waals surface area contributed by atoms with E-state index in [2.05, 4.69) is 4.98 Å². The Bertz CT molecular complexity index is 1580. The van der Waals surface area contributed by atoms with Crippen LogP contribution in [0.15, 0.2) is 70.4 Å². The minimum Gasteiger partial charge on any atom is -0.380 e. The molecule has 0 aliphatic carbocycles. The quantitative estimate of drug-likeness (QED) is 0.375. The van der Waals surface area contributed by atoms with Crippen molar-refractivity contribution in [3.63, 3.8) is 0 Å². The highest BCUT2D eigenvalue weighted by atomic mass is 19.1. The van der Waals surface area contributed by atoms with Crippen LogP contribution in [0.4, 0.5) is 4.39 Å². The van der Waals surface area contributed by atoms with Gasteiger partial charge >= 0.3 is 5.69 Å². The van der Waals surface area contributed by atoms with Crippen LogP contribution in [-0.2, 0) is 18.3 Å². The number of hydrogen-bond acceptors (Lipinski definition) is 4. The summed E-state index contributed by atoms with van der Waals surface area (Å²) in [5.74, 6) is 0.0985. The van der Waals surface area contributed by atoms with E-state index in [1.807, 2.05) is 48.0 Å². The van der Waals surface area contributed by atoms with E-state index in [1.165, 1.54) is 21.3 Å². The lowest BCUT2D eigenvalue weighted by Gasteiger charge is -2.09. The molecule has 0 unspecified atom stereocenters. The summed E-state index contributed by atoms with van der Waals surface area (Å²) in [7, 11) is 1.59. The van der Waals surface area contributed by atoms with Crippen molar-refractivity contribution < 1.29 is 9.13 Å². The first-order chi connectivity index (χ1) is 16.0. The molecule has 0 spiro atoms. The van der Waals surface area contributed by atoms with E-state index in [0.717, 1.165) is 11.3 Å². The molecule has 0 amide bonds. The predicted molar refractivity (Wildman–Crippen MR) is 123 cm³/mol. The molecular formula is C24H22FN5O3. The standard InChI is InChI=1S/C24H22FN5O3/c1-3-33-14-13-28-22(31)20-21(27(2)24(28)32)26-23-29(20)15-19(16-7-5-4-6-8-16)30(23)18-11-9-17(25)10-12-18/h4-12,15H,3,13-14H2,1-2H3. The van der Waals surface area contributed by atoms with E-state index in [-0.39, 0.29) is 24.6 Å². The largest absolute Gasteiger partial charge is 0.380 e. The van der Waals surface area contributed by atoms with Gasteiger partial charge in [-0.15, -0.1) is 0 Å². The van der Waals surface area contributed by atoms with Gasteiger partial charge in [-0.3, -0.25) is 22.9 Å². The number of hydrogen-bond donors (Lipinski definition) is 0. The Morgan fingerprint density at radius 1 is 1.03 bits per heavy atom. The number of fused-ring (bicyclic) bond motifs is 3. The Morgan fingerprint density at radius 2 is 1.76 bits per heavy atom. The lowest BCUT2D eigenvalue weighted by molar-refractivity contribution is 0.137. The van der Waals surface area contributed by atoms with E-state index in [0.29, 0.717) is 23.6 Å². The molecule has 0 aliphatic rings. The zero-order chi connectivity index (χ0) is 23.1. The molecular weight excluding hydrogens is 425 g/mol. The Hall–Kier alpha value is -3.98. The highest BCUT2D eigenvalue weighted by Gasteiger charge is 2.22. The third kappa shape index (κ3) is 3.37. The van der Waals surface area contributed by atoms with Gasteiger partial charge in [-0.1, -0.05) is 30.3 Å². The molecule has 3 aromatic heterocycles. The molecule has 0 aliphatic heterocycles. The maximum absolute atomic E-state index is 13.6. The first-order valence-corrected chi connectivity index (χ1v) is 10.6. The summed E-state index contributed by atoms with van der Waals surface area (Å²) in [5.41, 5.74) is 2.05. The van der Waals surface area contributed by atoms with Gasteiger partial charge in [0.1, 0.15) is 5.82 Å². The summed E-state index contributed by atoms with van der Waals surface area (Å²) in [5, 5.41) is 0. The van der Waals surface area contributed by atoms with Crippen molar-refractivity contribution in [2.24, 2.45) is 7.05 Å². The van der Waals surface area contributed by atoms with Gasteiger partial charge in [0.25, 0.3) is 5.56 Å². The minimum atomic E-state index is -0.454. The fourth-order valence-corrected chi connectivity index (χ4v) is 4.05. The number of nitrogens with zero attached hydrogens (tertiary/aromatic N) is 5. The summed E-state index contributed by atoms with van der Waals surface area (Å²) < 4.78 is 25.1. The van der Waals surface area contributed by atoms with Crippen LogP contribution in [0.1, 0.15) is 6.92 Å². The van der Waals surface area contributed by atoms with Crippen LogP contribution in [0.2, 0.25) is 0 Å². The molecule has 168 valence electrons. The average molecular weight is 447 g/mol. The zero-order valence-electron chi connectivity index (χ0n) is 18.2. The Labute approximate surface area is 187 Å². The van der Waals surface area contributed by atoms with Gasteiger partial charge in [-0.05, 0) is 31.2 Å². The van der Waals surface area contributed by atoms with Crippen molar-refractivity contribution in [2.45, 2.75) is 13.5 Å². The molecule has 8 nitrogen and oxygen atoms in total. The van der Waals surface area contributed by atoms with Crippen LogP contribution in [-0.4, -0.2) is 36.3 Å². The number of aryl methyl sites for hydroxylation is 1. The first-order valence-electron chi connectivity index (χ1n) is 10.6. The molecule has 5 rings (SSSR count). The predicted octanol–water partition coefficient (Wildman–Crippen LogP) is 2.98. The molecule has 0 bridgehead atoms. The number of aromatic nitrogens is 5. The third-order valence-corrected chi connectivity index (χ3v) is 5.67. The van der Waals surface area contributed by atoms with Crippen molar-refractivity contribution in [3.05, 3.63) is 87.4 Å². The Morgan fingerprint density at radius 3 is 2.45 bits per heavy atom. The number of benzene rings is 2. The molecule has 33 heavy (non-hydrogen) atoms. The van der Waals surface area contributed by atoms with Gasteiger partial charge in [-0.25, -0.2) is 9.18 Å². The lowest BCUT2D eigenvalue weighted by atomic mass is 10.1. The average Bonchev–Trinajstić information content (AvgIpc) is 3.38. The van der Waals surface area contributed by atoms with Crippen molar-refractivity contribution >= 4 is 16.9 Å². The second-order valence-electron chi connectivity index (χ2n) is 7.64. The summed E-state index contributed by atoms with van der Waals surface area (Å²) in [6, 6.07) is 15.7. The van der Waals surface area contributed by atoms with Crippen LogP contribution in [0.3, 0.4) is 0 Å². The highest BCUT2D eigenvalue weighted by molar-refractivity contribution is 5.79. The van der Waals surface area contributed by atoms with E-state index in [1.54, 1.807) is 23.6 Å². The Balaban J connectivity index is 1.85. The van der Waals surface area contributed by atoms with Gasteiger partial charge in [0.15, 0.2) is 11.2 Å². The van der Waals surface area contributed by atoms with Crippen LogP contribution in [0, 0.1) is 5.82 Å². The minimum absolute atomic E-state index is 0.146. The van der Waals surface area contributed by atoms with E-state index >= 15 is 0 Å². The SMILES string of the molecule is CCOCCn1c(=O)c2c(nc3n(-c4ccc(F)cc4)c(-c4ccccc4)cn23)n(C)c1=O. The topological polar surface area (TPSA) is 75.5 Å². The van der Waals surface area contributed by atoms with E-state index in [9.17, 15) is 14.0 Å². The second kappa shape index (κ2) is 8.18. The number of ether oxygens (including phenoxy) is 1. The van der Waals surface area contributed by atoms with Crippen molar-refractivity contribution in [3.8, 4) is 16.9 Å². The van der Waals surface area contributed by atoms with Gasteiger partial charge in [0.2, 0.25) is 5.78 Å². The van der Waals surface area contributed by atoms with Crippen LogP contribution < -0.4 is 11.2 Å². The smallest absolute Gasteiger partial charge is 0.332 e. The van der Waals surface area contributed by atoms with Gasteiger partial charge in [0, 0.05) is 31.1 Å². The molecule has 0 N–H and O–H groups in total. The second-order valence-corrected chi connectivity index (χ2v) is 7.64. The van der Waals surface area contributed by atoms with Gasteiger partial charge in [-0.2, -0.15) is 4.98 Å². The molecule has 0 saturated carbocycles. The van der Waals surface area contributed by atoms with Crippen molar-refractivity contribution in [2.75, 3.05) is 13.2 Å². The van der Waals surface area contributed by atoms with Crippen LogP contribution >= 0.6 is 0 Å². The third-order valence-electron chi connectivity index (χ3n) is 5.67. The number of imidazole rings is 2. The Kier molecular flexibility index (Phi) is 5.18. The molecule has 0 atom stereocenters. The fourth-order valence-electron chi connectivity index (χ4n) is 4.05. The van der Waals surface area contributed by atoms with Crippen molar-refractivity contribution in [1.82, 2.24) is 23.1 Å². The summed E-state index contributed by atoms with van der Waals surface area (Å²) >= 11 is 0. The number of rotatable bonds is 6. The first kappa shape index (κ1) is 20.9. The summed E-state index contributed by atoms with van der Waals surface area (Å²) in [6.07, 6.45) is 1.82. The normalized spacial score (nSPS) is 11.6. The maximum atomic E-state index is 13.6. The molecule has 0 fully saturated rings. The zero-order valence-corrected chi connectivity index (χ0v) is 18.2. The molecule has 0 radical (unpaired) electrons. The van der Waals surface area contributed by atoms with Crippen LogP contribution in [0.5, 0.6) is 0 Å². The molecule has 5 aromatic rings. The van der Waals surface area contributed by atoms with Crippen LogP contribution in [0.25, 0.3) is 33.9 Å². The maximum Gasteiger partial charge on any atom is 0.332 e. The summed E-state index contributed by atoms with van der Waals surface area (Å²) in [6.45, 7) is 2.75. The lowest BCUT2D eigenvalue weighted by Crippen LogP contribution is -2.40. The van der Waals surface area contributed by atoms with Gasteiger partial charge < -0.3 is 4.74 Å². The fraction of sp³-hybridized carbons (Fsp3) is 0.208. The molecule has 9 heteroatoms. The summed E-state index contributed by atoms with van der Waals surface area (Å²) in [4.78, 5) is 30.9. The highest BCUT2D eigenvalue weighted by Crippen LogP contribution is 2.28. The van der Waals surface area contributed by atoms with E-state index in [4.69, 9.17) is 4.74 Å². The van der Waals surface area contributed by atoms with Crippen molar-refractivity contribution in [1.29, 1.82) is 0 Å². The van der Waals surface area contributed by atoms with E-state index < -0.39 is 11.2 Å². The molecule has 0 saturated heterocycles. The monoisotopic (exact) mass is 447 g/mol. The molecule has 2 aromatic carbocycles. The molecule has 3 heterocycles. The van der Waals surface area contributed by atoms with Gasteiger partial charge in [0.05, 0.1) is 18.8 Å².